The molecule has 2 atom stereocenters. The van der Waals surface area contributed by atoms with Gasteiger partial charge in [-0.25, -0.2) is 9.78 Å². The molecule has 0 spiro atoms. The fourth-order valence-corrected chi connectivity index (χ4v) is 4.09. The quantitative estimate of drug-likeness (QED) is 0.305. The molecule has 1 aliphatic carbocycles. The number of carbonyl (C=O) groups excluding carboxylic acids is 1. The minimum Gasteiger partial charge on any atom is -0.482 e. The van der Waals surface area contributed by atoms with Gasteiger partial charge in [0.2, 0.25) is 0 Å². The highest BCUT2D eigenvalue weighted by molar-refractivity contribution is 5.77. The van der Waals surface area contributed by atoms with Gasteiger partial charge >= 0.3 is 5.97 Å². The van der Waals surface area contributed by atoms with Crippen LogP contribution in [0.4, 0.5) is 0 Å². The maximum atomic E-state index is 11.6. The zero-order valence-corrected chi connectivity index (χ0v) is 18.4. The van der Waals surface area contributed by atoms with E-state index in [1.807, 2.05) is 66.7 Å². The largest absolute Gasteiger partial charge is 0.482 e. The molecule has 5 heteroatoms. The number of ether oxygens (including phenoxy) is 2. The number of aromatic nitrogens is 1. The van der Waals surface area contributed by atoms with Crippen molar-refractivity contribution in [2.75, 3.05) is 13.2 Å². The van der Waals surface area contributed by atoms with E-state index >= 15 is 0 Å². The zero-order valence-electron chi connectivity index (χ0n) is 18.4. The van der Waals surface area contributed by atoms with E-state index in [0.29, 0.717) is 18.3 Å². The number of benzene rings is 3. The molecule has 4 aromatic rings. The Morgan fingerprint density at radius 1 is 0.939 bits per heavy atom. The molecule has 0 amide bonds. The van der Waals surface area contributed by atoms with E-state index < -0.39 is 0 Å². The van der Waals surface area contributed by atoms with Crippen molar-refractivity contribution in [3.05, 3.63) is 96.4 Å². The molecule has 1 aromatic heterocycles. The average molecular weight is 440 g/mol. The van der Waals surface area contributed by atoms with Crippen LogP contribution in [0.3, 0.4) is 0 Å². The van der Waals surface area contributed by atoms with Crippen LogP contribution in [0.2, 0.25) is 0 Å². The molecule has 1 fully saturated rings. The van der Waals surface area contributed by atoms with Crippen LogP contribution in [0.5, 0.6) is 5.75 Å². The summed E-state index contributed by atoms with van der Waals surface area (Å²) in [5, 5.41) is 0. The van der Waals surface area contributed by atoms with Crippen LogP contribution in [0.1, 0.15) is 36.6 Å². The first-order valence-electron chi connectivity index (χ1n) is 11.2. The van der Waals surface area contributed by atoms with E-state index in [2.05, 4.69) is 18.2 Å². The number of hydrogen-bond acceptors (Lipinski definition) is 5. The Hall–Kier alpha value is -3.86. The van der Waals surface area contributed by atoms with E-state index in [1.54, 1.807) is 6.92 Å². The van der Waals surface area contributed by atoms with Crippen LogP contribution < -0.4 is 4.74 Å². The topological polar surface area (TPSA) is 61.6 Å². The summed E-state index contributed by atoms with van der Waals surface area (Å²) < 4.78 is 16.9. The van der Waals surface area contributed by atoms with Crippen molar-refractivity contribution >= 4 is 5.97 Å². The van der Waals surface area contributed by atoms with Crippen LogP contribution in [-0.4, -0.2) is 24.2 Å². The van der Waals surface area contributed by atoms with E-state index in [0.717, 1.165) is 40.5 Å². The number of rotatable bonds is 8. The van der Waals surface area contributed by atoms with E-state index in [1.165, 1.54) is 0 Å². The Labute approximate surface area is 193 Å². The number of carbonyl (C=O) groups is 1. The maximum absolute atomic E-state index is 11.6. The second kappa shape index (κ2) is 9.33. The van der Waals surface area contributed by atoms with Gasteiger partial charge in [0.25, 0.3) is 0 Å². The Bertz CT molecular complexity index is 1180. The average Bonchev–Trinajstić information content (AvgIpc) is 3.55. The van der Waals surface area contributed by atoms with Gasteiger partial charge in [-0.1, -0.05) is 72.8 Å². The summed E-state index contributed by atoms with van der Waals surface area (Å²) in [4.78, 5) is 16.5. The summed E-state index contributed by atoms with van der Waals surface area (Å²) in [6.45, 7) is 2.03. The lowest BCUT2D eigenvalue weighted by atomic mass is 10.1. The molecule has 1 aliphatic rings. The molecule has 0 radical (unpaired) electrons. The molecule has 5 rings (SSSR count). The first kappa shape index (κ1) is 21.0. The summed E-state index contributed by atoms with van der Waals surface area (Å²) in [5.74, 6) is 2.37. The lowest BCUT2D eigenvalue weighted by molar-refractivity contribution is -0.145. The van der Waals surface area contributed by atoms with Crippen molar-refractivity contribution in [3.8, 4) is 28.3 Å². The number of hydrogen-bond donors (Lipinski definition) is 0. The normalized spacial score (nSPS) is 16.9. The molecule has 0 aliphatic heterocycles. The second-order valence-corrected chi connectivity index (χ2v) is 8.08. The molecule has 0 bridgehead atoms. The third kappa shape index (κ3) is 4.67. The van der Waals surface area contributed by atoms with Crippen molar-refractivity contribution in [3.63, 3.8) is 0 Å². The maximum Gasteiger partial charge on any atom is 0.344 e. The minimum atomic E-state index is -0.367. The third-order valence-corrected chi connectivity index (χ3v) is 5.78. The van der Waals surface area contributed by atoms with Gasteiger partial charge in [0.05, 0.1) is 6.61 Å². The Kier molecular flexibility index (Phi) is 5.94. The van der Waals surface area contributed by atoms with Gasteiger partial charge in [-0.15, -0.1) is 0 Å². The first-order valence-corrected chi connectivity index (χ1v) is 11.2. The van der Waals surface area contributed by atoms with Crippen LogP contribution in [0.15, 0.2) is 89.3 Å². The second-order valence-electron chi connectivity index (χ2n) is 8.08. The number of oxazole rings is 1. The van der Waals surface area contributed by atoms with Gasteiger partial charge in [0.1, 0.15) is 11.4 Å². The molecule has 0 saturated heterocycles. The monoisotopic (exact) mass is 439 g/mol. The van der Waals surface area contributed by atoms with Crippen molar-refractivity contribution in [2.24, 2.45) is 0 Å². The van der Waals surface area contributed by atoms with Gasteiger partial charge in [0, 0.05) is 17.0 Å². The molecule has 1 saturated carbocycles. The molecular weight excluding hydrogens is 414 g/mol. The Balaban J connectivity index is 1.38. The lowest BCUT2D eigenvalue weighted by Gasteiger charge is -2.07. The Morgan fingerprint density at radius 3 is 2.39 bits per heavy atom. The van der Waals surface area contributed by atoms with E-state index in [4.69, 9.17) is 18.9 Å². The van der Waals surface area contributed by atoms with E-state index in [9.17, 15) is 4.79 Å². The molecule has 166 valence electrons. The zero-order chi connectivity index (χ0) is 22.6. The molecule has 33 heavy (non-hydrogen) atoms. The standard InChI is InChI=1S/C28H25NO4/c1-2-31-25(30)18-32-22-15-9-14-21(16-22)23-17-24(23)28-29-26(19-10-5-3-6-11-19)27(33-28)20-12-7-4-8-13-20/h3-16,23-24H,2,17-18H2,1H3. The third-order valence-electron chi connectivity index (χ3n) is 5.78. The summed E-state index contributed by atoms with van der Waals surface area (Å²) in [6.07, 6.45) is 0.963. The molecule has 3 aromatic carbocycles. The van der Waals surface area contributed by atoms with Crippen LogP contribution in [0.25, 0.3) is 22.6 Å². The van der Waals surface area contributed by atoms with Crippen LogP contribution in [-0.2, 0) is 9.53 Å². The summed E-state index contributed by atoms with van der Waals surface area (Å²) >= 11 is 0. The van der Waals surface area contributed by atoms with Crippen molar-refractivity contribution in [2.45, 2.75) is 25.2 Å². The first-order chi connectivity index (χ1) is 16.2. The predicted molar refractivity (Wildman–Crippen MR) is 126 cm³/mol. The van der Waals surface area contributed by atoms with Gasteiger partial charge in [0.15, 0.2) is 18.3 Å². The fourth-order valence-electron chi connectivity index (χ4n) is 4.09. The fraction of sp³-hybridized carbons (Fsp3) is 0.214. The number of nitrogens with zero attached hydrogens (tertiary/aromatic N) is 1. The smallest absolute Gasteiger partial charge is 0.344 e. The van der Waals surface area contributed by atoms with Gasteiger partial charge < -0.3 is 13.9 Å². The number of esters is 1. The highest BCUT2D eigenvalue weighted by Gasteiger charge is 2.44. The van der Waals surface area contributed by atoms with E-state index in [-0.39, 0.29) is 18.5 Å². The lowest BCUT2D eigenvalue weighted by Crippen LogP contribution is -2.14. The SMILES string of the molecule is CCOC(=O)COc1cccc(C2CC2c2nc(-c3ccccc3)c(-c3ccccc3)o2)c1. The van der Waals surface area contributed by atoms with Crippen molar-refractivity contribution in [1.82, 2.24) is 4.98 Å². The van der Waals surface area contributed by atoms with Gasteiger partial charge in [-0.3, -0.25) is 0 Å². The molecular formula is C28H25NO4. The van der Waals surface area contributed by atoms with Gasteiger partial charge in [-0.2, -0.15) is 0 Å². The highest BCUT2D eigenvalue weighted by atomic mass is 16.6. The Morgan fingerprint density at radius 2 is 1.67 bits per heavy atom. The summed E-state index contributed by atoms with van der Waals surface area (Å²) in [7, 11) is 0. The molecule has 1 heterocycles. The molecule has 2 unspecified atom stereocenters. The van der Waals surface area contributed by atoms with Crippen molar-refractivity contribution < 1.29 is 18.7 Å². The summed E-state index contributed by atoms with van der Waals surface area (Å²) in [6, 6.07) is 28.1. The van der Waals surface area contributed by atoms with Crippen LogP contribution >= 0.6 is 0 Å². The molecule has 0 N–H and O–H groups in total. The van der Waals surface area contributed by atoms with Crippen molar-refractivity contribution in [1.29, 1.82) is 0 Å². The molecule has 5 nitrogen and oxygen atoms in total. The van der Waals surface area contributed by atoms with Gasteiger partial charge in [-0.05, 0) is 37.0 Å². The predicted octanol–water partition coefficient (Wildman–Crippen LogP) is 6.22. The van der Waals surface area contributed by atoms with Crippen LogP contribution in [0, 0.1) is 0 Å². The summed E-state index contributed by atoms with van der Waals surface area (Å²) in [5.41, 5.74) is 4.08. The highest BCUT2D eigenvalue weighted by Crippen LogP contribution is 2.55. The minimum absolute atomic E-state index is 0.0913.